The van der Waals surface area contributed by atoms with Crippen LogP contribution in [0, 0.1) is 0 Å². The number of fused-ring (bicyclic) bond motifs is 3. The van der Waals surface area contributed by atoms with Gasteiger partial charge >= 0.3 is 0 Å². The summed E-state index contributed by atoms with van der Waals surface area (Å²) in [6.07, 6.45) is 0. The van der Waals surface area contributed by atoms with Crippen LogP contribution in [0.4, 0.5) is 0 Å². The number of hydrogen-bond donors (Lipinski definition) is 0. The molecule has 0 amide bonds. The van der Waals surface area contributed by atoms with Gasteiger partial charge < -0.3 is 0 Å². The zero-order chi connectivity index (χ0) is 32.6. The van der Waals surface area contributed by atoms with Crippen LogP contribution in [0.25, 0.3) is 88.0 Å². The van der Waals surface area contributed by atoms with Crippen molar-refractivity contribution in [3.05, 3.63) is 170 Å². The Kier molecular flexibility index (Phi) is 7.30. The molecule has 0 saturated heterocycles. The van der Waals surface area contributed by atoms with E-state index >= 15 is 0 Å². The molecule has 0 atom stereocenters. The number of thiazole rings is 1. The average Bonchev–Trinajstić information content (AvgIpc) is 3.64. The second kappa shape index (κ2) is 12.4. The van der Waals surface area contributed by atoms with Gasteiger partial charge in [0.2, 0.25) is 0 Å². The van der Waals surface area contributed by atoms with Crippen LogP contribution < -0.4 is 0 Å². The topological polar surface area (TPSA) is 51.6 Å². The monoisotopic (exact) mass is 644 g/mol. The molecule has 0 radical (unpaired) electrons. The van der Waals surface area contributed by atoms with Crippen molar-refractivity contribution < 1.29 is 0 Å². The van der Waals surface area contributed by atoms with Gasteiger partial charge in [0.05, 0.1) is 10.2 Å². The Morgan fingerprint density at radius 1 is 0.327 bits per heavy atom. The molecule has 5 heteroatoms. The maximum atomic E-state index is 5.11. The summed E-state index contributed by atoms with van der Waals surface area (Å²) in [5, 5.41) is 3.35. The molecule has 0 aliphatic rings. The molecule has 0 saturated carbocycles. The van der Waals surface area contributed by atoms with E-state index in [0.717, 1.165) is 60.4 Å². The first-order chi connectivity index (χ1) is 24.2. The van der Waals surface area contributed by atoms with E-state index in [-0.39, 0.29) is 0 Å². The highest BCUT2D eigenvalue weighted by atomic mass is 32.1. The minimum Gasteiger partial charge on any atom is -0.235 e. The molecule has 0 spiro atoms. The lowest BCUT2D eigenvalue weighted by atomic mass is 9.99. The minimum absolute atomic E-state index is 0.631. The van der Waals surface area contributed by atoms with Crippen LogP contribution in [0.1, 0.15) is 0 Å². The van der Waals surface area contributed by atoms with Crippen LogP contribution in [0.15, 0.2) is 170 Å². The largest absolute Gasteiger partial charge is 0.235 e. The zero-order valence-corrected chi connectivity index (χ0v) is 27.2. The van der Waals surface area contributed by atoms with Gasteiger partial charge in [0.15, 0.2) is 17.5 Å². The number of aromatic nitrogens is 4. The van der Waals surface area contributed by atoms with Crippen molar-refractivity contribution in [2.75, 3.05) is 0 Å². The van der Waals surface area contributed by atoms with Crippen LogP contribution in [0.2, 0.25) is 0 Å². The normalized spacial score (nSPS) is 11.3. The van der Waals surface area contributed by atoms with Gasteiger partial charge in [-0.25, -0.2) is 19.9 Å². The van der Waals surface area contributed by atoms with Crippen LogP contribution in [0.5, 0.6) is 0 Å². The summed E-state index contributed by atoms with van der Waals surface area (Å²) in [4.78, 5) is 20.1. The van der Waals surface area contributed by atoms with Gasteiger partial charge in [0.25, 0.3) is 0 Å². The van der Waals surface area contributed by atoms with Gasteiger partial charge in [-0.1, -0.05) is 146 Å². The van der Waals surface area contributed by atoms with Crippen molar-refractivity contribution in [2.24, 2.45) is 0 Å². The standard InChI is InChI=1S/C44H28N4S/c1-4-12-29(13-5-1)33-18-10-20-36(26-33)42-46-41(31-14-6-2-7-15-31)47-43(48-42)37-21-11-19-34(27-37)35-23-22-30-24-25-39-40(38(30)28-35)45-44(49-39)32-16-8-3-9-17-32/h1-28H. The molecule has 0 unspecified atom stereocenters. The maximum Gasteiger partial charge on any atom is 0.164 e. The summed E-state index contributed by atoms with van der Waals surface area (Å²) in [6, 6.07) is 58.7. The Hall–Kier alpha value is -6.30. The predicted molar refractivity (Wildman–Crippen MR) is 203 cm³/mol. The fourth-order valence-corrected chi connectivity index (χ4v) is 7.24. The van der Waals surface area contributed by atoms with Gasteiger partial charge in [0, 0.05) is 27.6 Å². The third-order valence-corrected chi connectivity index (χ3v) is 9.82. The first-order valence-electron chi connectivity index (χ1n) is 16.2. The molecular weight excluding hydrogens is 617 g/mol. The molecule has 2 heterocycles. The highest BCUT2D eigenvalue weighted by molar-refractivity contribution is 7.21. The number of nitrogens with zero attached hydrogens (tertiary/aromatic N) is 4. The van der Waals surface area contributed by atoms with Crippen LogP contribution in [-0.2, 0) is 0 Å². The highest BCUT2D eigenvalue weighted by Crippen LogP contribution is 2.37. The van der Waals surface area contributed by atoms with Crippen LogP contribution in [0.3, 0.4) is 0 Å². The number of hydrogen-bond acceptors (Lipinski definition) is 5. The molecule has 0 fully saturated rings. The van der Waals surface area contributed by atoms with E-state index in [2.05, 4.69) is 127 Å². The second-order valence-electron chi connectivity index (χ2n) is 11.9. The SMILES string of the molecule is c1ccc(-c2cccc(-c3nc(-c4ccccc4)nc(-c4cccc(-c5ccc6ccc7sc(-c8ccccc8)nc7c6c5)c4)n3)c2)cc1. The zero-order valence-electron chi connectivity index (χ0n) is 26.4. The first-order valence-corrected chi connectivity index (χ1v) is 17.0. The molecule has 9 rings (SSSR count). The molecule has 49 heavy (non-hydrogen) atoms. The quantitative estimate of drug-likeness (QED) is 0.181. The lowest BCUT2D eigenvalue weighted by molar-refractivity contribution is 1.07. The maximum absolute atomic E-state index is 5.11. The fourth-order valence-electron chi connectivity index (χ4n) is 6.25. The molecule has 2 aromatic heterocycles. The Morgan fingerprint density at radius 3 is 1.43 bits per heavy atom. The Bertz CT molecular complexity index is 2600. The molecule has 4 nitrogen and oxygen atoms in total. The van der Waals surface area contributed by atoms with Gasteiger partial charge in [-0.15, -0.1) is 11.3 Å². The summed E-state index contributed by atoms with van der Waals surface area (Å²) < 4.78 is 1.18. The Balaban J connectivity index is 1.15. The van der Waals surface area contributed by atoms with Gasteiger partial charge in [-0.05, 0) is 51.9 Å². The molecule has 0 bridgehead atoms. The highest BCUT2D eigenvalue weighted by Gasteiger charge is 2.15. The molecule has 7 aromatic carbocycles. The van der Waals surface area contributed by atoms with Gasteiger partial charge in [-0.3, -0.25) is 0 Å². The van der Waals surface area contributed by atoms with Crippen LogP contribution in [-0.4, -0.2) is 19.9 Å². The smallest absolute Gasteiger partial charge is 0.164 e. The third kappa shape index (κ3) is 5.67. The summed E-state index contributed by atoms with van der Waals surface area (Å²) in [5.74, 6) is 1.91. The van der Waals surface area contributed by atoms with Crippen molar-refractivity contribution in [3.8, 4) is 67.0 Å². The third-order valence-electron chi connectivity index (χ3n) is 8.75. The van der Waals surface area contributed by atoms with Crippen molar-refractivity contribution in [3.63, 3.8) is 0 Å². The summed E-state index contributed by atoms with van der Waals surface area (Å²) >= 11 is 1.73. The van der Waals surface area contributed by atoms with Crippen molar-refractivity contribution in [2.45, 2.75) is 0 Å². The van der Waals surface area contributed by atoms with E-state index in [4.69, 9.17) is 19.9 Å². The lowest BCUT2D eigenvalue weighted by Gasteiger charge is -2.11. The molecule has 0 aliphatic carbocycles. The molecule has 9 aromatic rings. The fraction of sp³-hybridized carbons (Fsp3) is 0. The lowest BCUT2D eigenvalue weighted by Crippen LogP contribution is -2.00. The number of rotatable bonds is 6. The van der Waals surface area contributed by atoms with E-state index in [1.165, 1.54) is 10.1 Å². The summed E-state index contributed by atoms with van der Waals surface area (Å²) in [5.41, 5.74) is 9.45. The van der Waals surface area contributed by atoms with Crippen LogP contribution >= 0.6 is 11.3 Å². The summed E-state index contributed by atoms with van der Waals surface area (Å²) in [7, 11) is 0. The van der Waals surface area contributed by atoms with E-state index in [1.807, 2.05) is 42.5 Å². The summed E-state index contributed by atoms with van der Waals surface area (Å²) in [6.45, 7) is 0. The predicted octanol–water partition coefficient (Wildman–Crippen LogP) is 11.6. The van der Waals surface area contributed by atoms with E-state index in [1.54, 1.807) is 11.3 Å². The second-order valence-corrected chi connectivity index (χ2v) is 13.0. The van der Waals surface area contributed by atoms with E-state index in [0.29, 0.717) is 17.5 Å². The van der Waals surface area contributed by atoms with Gasteiger partial charge in [-0.2, -0.15) is 0 Å². The number of benzene rings is 7. The molecular formula is C44H28N4S. The minimum atomic E-state index is 0.631. The first kappa shape index (κ1) is 28.9. The Labute approximate surface area is 288 Å². The van der Waals surface area contributed by atoms with E-state index < -0.39 is 0 Å². The van der Waals surface area contributed by atoms with Gasteiger partial charge in [0.1, 0.15) is 5.01 Å². The molecule has 0 N–H and O–H groups in total. The average molecular weight is 645 g/mol. The Morgan fingerprint density at radius 2 is 0.796 bits per heavy atom. The molecule has 0 aliphatic heterocycles. The van der Waals surface area contributed by atoms with Crippen molar-refractivity contribution in [1.29, 1.82) is 0 Å². The van der Waals surface area contributed by atoms with E-state index in [9.17, 15) is 0 Å². The molecule has 230 valence electrons. The van der Waals surface area contributed by atoms with Crippen molar-refractivity contribution in [1.82, 2.24) is 19.9 Å². The van der Waals surface area contributed by atoms with Crippen molar-refractivity contribution >= 4 is 32.3 Å².